The van der Waals surface area contributed by atoms with E-state index in [9.17, 15) is 5.11 Å². The predicted molar refractivity (Wildman–Crippen MR) is 53.9 cm³/mol. The molecule has 0 bridgehead atoms. The van der Waals surface area contributed by atoms with Gasteiger partial charge >= 0.3 is 0 Å². The summed E-state index contributed by atoms with van der Waals surface area (Å²) in [5.74, 6) is 0.241. The average Bonchev–Trinajstić information content (AvgIpc) is 2.19. The molecule has 70 valence electrons. The van der Waals surface area contributed by atoms with E-state index in [1.54, 1.807) is 30.6 Å². The summed E-state index contributed by atoms with van der Waals surface area (Å²) in [6, 6.07) is 6.97. The molecule has 3 nitrogen and oxygen atoms in total. The van der Waals surface area contributed by atoms with Crippen LogP contribution < -0.4 is 0 Å². The number of hydrogen-bond acceptors (Lipinski definition) is 3. The Hall–Kier alpha value is -1.90. The average molecular weight is 186 g/mol. The van der Waals surface area contributed by atoms with Gasteiger partial charge in [0.2, 0.25) is 0 Å². The molecular weight excluding hydrogens is 176 g/mol. The zero-order valence-corrected chi connectivity index (χ0v) is 7.81. The number of hydrogen-bond donors (Lipinski definition) is 1. The summed E-state index contributed by atoms with van der Waals surface area (Å²) >= 11 is 0. The van der Waals surface area contributed by atoms with E-state index >= 15 is 0 Å². The maximum atomic E-state index is 9.28. The Kier molecular flexibility index (Phi) is 2.14. The van der Waals surface area contributed by atoms with Gasteiger partial charge in [0, 0.05) is 11.8 Å². The molecule has 0 saturated heterocycles. The molecule has 0 unspecified atom stereocenters. The van der Waals surface area contributed by atoms with Gasteiger partial charge < -0.3 is 5.11 Å². The molecular formula is C11H10N2O. The Morgan fingerprint density at radius 2 is 2.00 bits per heavy atom. The van der Waals surface area contributed by atoms with Crippen LogP contribution in [0.1, 0.15) is 5.69 Å². The molecule has 2 aromatic rings. The zero-order chi connectivity index (χ0) is 9.97. The van der Waals surface area contributed by atoms with Crippen molar-refractivity contribution in [1.29, 1.82) is 0 Å². The number of aryl methyl sites for hydroxylation is 1. The van der Waals surface area contributed by atoms with Crippen molar-refractivity contribution in [2.45, 2.75) is 6.92 Å². The maximum Gasteiger partial charge on any atom is 0.116 e. The lowest BCUT2D eigenvalue weighted by Gasteiger charge is -2.00. The van der Waals surface area contributed by atoms with Crippen molar-refractivity contribution in [2.75, 3.05) is 0 Å². The summed E-state index contributed by atoms with van der Waals surface area (Å²) in [5.41, 5.74) is 2.53. The molecule has 0 amide bonds. The monoisotopic (exact) mass is 186 g/mol. The van der Waals surface area contributed by atoms with Crippen molar-refractivity contribution in [3.63, 3.8) is 0 Å². The number of nitrogens with zero attached hydrogens (tertiary/aromatic N) is 2. The van der Waals surface area contributed by atoms with Crippen molar-refractivity contribution in [3.05, 3.63) is 42.4 Å². The fourth-order valence-electron chi connectivity index (χ4n) is 1.21. The first-order valence-corrected chi connectivity index (χ1v) is 4.34. The van der Waals surface area contributed by atoms with Crippen LogP contribution in [0, 0.1) is 6.92 Å². The second-order valence-corrected chi connectivity index (χ2v) is 3.09. The highest BCUT2D eigenvalue weighted by Crippen LogP contribution is 2.20. The van der Waals surface area contributed by atoms with Gasteiger partial charge in [-0.1, -0.05) is 12.1 Å². The topological polar surface area (TPSA) is 46.0 Å². The van der Waals surface area contributed by atoms with Crippen LogP contribution in [0.2, 0.25) is 0 Å². The number of aromatic nitrogens is 2. The molecule has 2 rings (SSSR count). The number of benzene rings is 1. The van der Waals surface area contributed by atoms with Crippen LogP contribution in [-0.2, 0) is 0 Å². The Bertz CT molecular complexity index is 437. The van der Waals surface area contributed by atoms with Crippen LogP contribution >= 0.6 is 0 Å². The van der Waals surface area contributed by atoms with E-state index in [2.05, 4.69) is 9.97 Å². The van der Waals surface area contributed by atoms with E-state index in [-0.39, 0.29) is 5.75 Å². The second-order valence-electron chi connectivity index (χ2n) is 3.09. The quantitative estimate of drug-likeness (QED) is 0.742. The largest absolute Gasteiger partial charge is 0.508 e. The fourth-order valence-corrected chi connectivity index (χ4v) is 1.21. The molecule has 0 aliphatic carbocycles. The first-order valence-electron chi connectivity index (χ1n) is 4.34. The van der Waals surface area contributed by atoms with E-state index in [0.29, 0.717) is 0 Å². The molecule has 3 heteroatoms. The summed E-state index contributed by atoms with van der Waals surface area (Å²) in [6.45, 7) is 1.89. The number of aromatic hydroxyl groups is 1. The standard InChI is InChI=1S/C11H10N2O/c1-8-6-13-11(7-12-8)9-3-2-4-10(14)5-9/h2-7,14H,1H3. The van der Waals surface area contributed by atoms with Gasteiger partial charge in [-0.05, 0) is 19.1 Å². The SMILES string of the molecule is Cc1cnc(-c2cccc(O)c2)cn1. The van der Waals surface area contributed by atoms with Gasteiger partial charge in [-0.25, -0.2) is 0 Å². The molecule has 0 radical (unpaired) electrons. The molecule has 1 heterocycles. The molecule has 0 aliphatic heterocycles. The van der Waals surface area contributed by atoms with Crippen LogP contribution in [0.15, 0.2) is 36.7 Å². The summed E-state index contributed by atoms with van der Waals surface area (Å²) in [4.78, 5) is 8.36. The zero-order valence-electron chi connectivity index (χ0n) is 7.81. The maximum absolute atomic E-state index is 9.28. The number of rotatable bonds is 1. The molecule has 0 spiro atoms. The summed E-state index contributed by atoms with van der Waals surface area (Å²) < 4.78 is 0. The molecule has 0 saturated carbocycles. The van der Waals surface area contributed by atoms with E-state index in [1.807, 2.05) is 13.0 Å². The lowest BCUT2D eigenvalue weighted by molar-refractivity contribution is 0.475. The molecule has 0 fully saturated rings. The van der Waals surface area contributed by atoms with Gasteiger partial charge in [0.05, 0.1) is 17.6 Å². The van der Waals surface area contributed by atoms with Crippen molar-refractivity contribution in [1.82, 2.24) is 9.97 Å². The molecule has 1 N–H and O–H groups in total. The lowest BCUT2D eigenvalue weighted by Crippen LogP contribution is -1.87. The van der Waals surface area contributed by atoms with Gasteiger partial charge in [0.1, 0.15) is 5.75 Å². The summed E-state index contributed by atoms with van der Waals surface area (Å²) in [5, 5.41) is 9.28. The van der Waals surface area contributed by atoms with Gasteiger partial charge in [-0.2, -0.15) is 0 Å². The minimum absolute atomic E-state index is 0.241. The first-order chi connectivity index (χ1) is 6.75. The third-order valence-corrected chi connectivity index (χ3v) is 1.92. The molecule has 14 heavy (non-hydrogen) atoms. The Morgan fingerprint density at radius 3 is 2.64 bits per heavy atom. The molecule has 1 aromatic heterocycles. The third kappa shape index (κ3) is 1.71. The highest BCUT2D eigenvalue weighted by Gasteiger charge is 1.99. The smallest absolute Gasteiger partial charge is 0.116 e. The van der Waals surface area contributed by atoms with Crippen LogP contribution in [0.25, 0.3) is 11.3 Å². The third-order valence-electron chi connectivity index (χ3n) is 1.92. The van der Waals surface area contributed by atoms with Gasteiger partial charge in [0.15, 0.2) is 0 Å². The van der Waals surface area contributed by atoms with Gasteiger partial charge in [-0.15, -0.1) is 0 Å². The van der Waals surface area contributed by atoms with Gasteiger partial charge in [0.25, 0.3) is 0 Å². The van der Waals surface area contributed by atoms with E-state index in [0.717, 1.165) is 17.0 Å². The van der Waals surface area contributed by atoms with E-state index < -0.39 is 0 Å². The van der Waals surface area contributed by atoms with Gasteiger partial charge in [-0.3, -0.25) is 9.97 Å². The highest BCUT2D eigenvalue weighted by molar-refractivity contribution is 5.59. The number of phenols is 1. The highest BCUT2D eigenvalue weighted by atomic mass is 16.3. The normalized spacial score (nSPS) is 10.1. The van der Waals surface area contributed by atoms with Crippen LogP contribution in [-0.4, -0.2) is 15.1 Å². The second kappa shape index (κ2) is 3.46. The van der Waals surface area contributed by atoms with Crippen LogP contribution in [0.3, 0.4) is 0 Å². The Balaban J connectivity index is 2.44. The van der Waals surface area contributed by atoms with Crippen molar-refractivity contribution < 1.29 is 5.11 Å². The first kappa shape index (κ1) is 8.69. The molecule has 0 atom stereocenters. The predicted octanol–water partition coefficient (Wildman–Crippen LogP) is 2.16. The lowest BCUT2D eigenvalue weighted by atomic mass is 10.1. The minimum atomic E-state index is 0.241. The number of phenolic OH excluding ortho intramolecular Hbond substituents is 1. The minimum Gasteiger partial charge on any atom is -0.508 e. The van der Waals surface area contributed by atoms with E-state index in [1.165, 1.54) is 0 Å². The summed E-state index contributed by atoms with van der Waals surface area (Å²) in [6.07, 6.45) is 3.41. The molecule has 1 aromatic carbocycles. The van der Waals surface area contributed by atoms with Crippen molar-refractivity contribution in [2.24, 2.45) is 0 Å². The Morgan fingerprint density at radius 1 is 1.14 bits per heavy atom. The Labute approximate surface area is 82.1 Å². The van der Waals surface area contributed by atoms with Crippen LogP contribution in [0.5, 0.6) is 5.75 Å². The fraction of sp³-hybridized carbons (Fsp3) is 0.0909. The van der Waals surface area contributed by atoms with Crippen molar-refractivity contribution >= 4 is 0 Å². The summed E-state index contributed by atoms with van der Waals surface area (Å²) in [7, 11) is 0. The van der Waals surface area contributed by atoms with Crippen LogP contribution in [0.4, 0.5) is 0 Å². The van der Waals surface area contributed by atoms with E-state index in [4.69, 9.17) is 0 Å². The van der Waals surface area contributed by atoms with Crippen molar-refractivity contribution in [3.8, 4) is 17.0 Å². The molecule has 0 aliphatic rings.